The molecule has 0 bridgehead atoms. The number of rotatable bonds is 7. The monoisotopic (exact) mass is 313 g/mol. The first-order chi connectivity index (χ1) is 10.1. The Morgan fingerprint density at radius 2 is 2.10 bits per heavy atom. The summed E-state index contributed by atoms with van der Waals surface area (Å²) < 4.78 is 10.9. The highest BCUT2D eigenvalue weighted by molar-refractivity contribution is 7.15. The van der Waals surface area contributed by atoms with Crippen molar-refractivity contribution < 1.29 is 9.47 Å². The number of morpholine rings is 1. The fourth-order valence-electron chi connectivity index (χ4n) is 2.63. The fourth-order valence-corrected chi connectivity index (χ4v) is 3.77. The Balaban J connectivity index is 2.01. The van der Waals surface area contributed by atoms with Crippen LogP contribution in [0.3, 0.4) is 0 Å². The van der Waals surface area contributed by atoms with E-state index < -0.39 is 0 Å². The molecular formula is C15H27N3O2S. The summed E-state index contributed by atoms with van der Waals surface area (Å²) in [6, 6.07) is 0. The molecule has 0 aliphatic carbocycles. The van der Waals surface area contributed by atoms with Crippen LogP contribution >= 0.6 is 11.3 Å². The molecule has 1 N–H and O–H groups in total. The van der Waals surface area contributed by atoms with Crippen molar-refractivity contribution in [3.8, 4) is 0 Å². The Labute approximate surface area is 131 Å². The molecule has 1 fully saturated rings. The molecule has 1 aromatic heterocycles. The van der Waals surface area contributed by atoms with Gasteiger partial charge in [0, 0.05) is 38.2 Å². The molecule has 5 nitrogen and oxygen atoms in total. The molecule has 2 heterocycles. The summed E-state index contributed by atoms with van der Waals surface area (Å²) in [5.41, 5.74) is 1.21. The highest BCUT2D eigenvalue weighted by Crippen LogP contribution is 2.29. The van der Waals surface area contributed by atoms with Crippen molar-refractivity contribution in [1.29, 1.82) is 0 Å². The van der Waals surface area contributed by atoms with E-state index in [2.05, 4.69) is 31.0 Å². The smallest absolute Gasteiger partial charge is 0.186 e. The normalized spacial score (nSPS) is 22.8. The number of nitrogens with zero attached hydrogens (tertiary/aromatic N) is 2. The fraction of sp³-hybridized carbons (Fsp3) is 0.800. The van der Waals surface area contributed by atoms with Gasteiger partial charge in [-0.1, -0.05) is 6.92 Å². The van der Waals surface area contributed by atoms with Crippen molar-refractivity contribution in [1.82, 2.24) is 10.3 Å². The second kappa shape index (κ2) is 8.08. The van der Waals surface area contributed by atoms with Crippen LogP contribution in [0.4, 0.5) is 5.13 Å². The number of methoxy groups -OCH3 is 1. The van der Waals surface area contributed by atoms with Crippen LogP contribution in [0.5, 0.6) is 0 Å². The molecule has 6 heteroatoms. The van der Waals surface area contributed by atoms with Gasteiger partial charge in [-0.2, -0.15) is 0 Å². The number of aryl methyl sites for hydroxylation is 1. The molecule has 2 atom stereocenters. The van der Waals surface area contributed by atoms with Crippen molar-refractivity contribution in [2.75, 3.05) is 38.3 Å². The Bertz CT molecular complexity index is 429. The van der Waals surface area contributed by atoms with Crippen LogP contribution in [-0.2, 0) is 22.4 Å². The highest BCUT2D eigenvalue weighted by Gasteiger charge is 2.25. The largest absolute Gasteiger partial charge is 0.383 e. The molecular weight excluding hydrogens is 286 g/mol. The predicted molar refractivity (Wildman–Crippen MR) is 87.3 cm³/mol. The van der Waals surface area contributed by atoms with Crippen molar-refractivity contribution in [2.24, 2.45) is 0 Å². The van der Waals surface area contributed by atoms with E-state index in [0.29, 0.717) is 0 Å². The summed E-state index contributed by atoms with van der Waals surface area (Å²) in [6.07, 6.45) is 1.52. The Morgan fingerprint density at radius 3 is 2.71 bits per heavy atom. The summed E-state index contributed by atoms with van der Waals surface area (Å²) in [5.74, 6) is 0. The third kappa shape index (κ3) is 4.64. The Morgan fingerprint density at radius 1 is 1.38 bits per heavy atom. The van der Waals surface area contributed by atoms with E-state index in [1.807, 2.05) is 11.3 Å². The summed E-state index contributed by atoms with van der Waals surface area (Å²) in [5, 5.41) is 4.55. The van der Waals surface area contributed by atoms with E-state index in [9.17, 15) is 0 Å². The maximum Gasteiger partial charge on any atom is 0.186 e. The number of hydrogen-bond acceptors (Lipinski definition) is 6. The maximum atomic E-state index is 5.80. The summed E-state index contributed by atoms with van der Waals surface area (Å²) in [6.45, 7) is 10.8. The van der Waals surface area contributed by atoms with Crippen LogP contribution in [0, 0.1) is 0 Å². The van der Waals surface area contributed by atoms with Crippen molar-refractivity contribution >= 4 is 16.5 Å². The molecule has 0 saturated carbocycles. The van der Waals surface area contributed by atoms with E-state index in [1.165, 1.54) is 10.6 Å². The van der Waals surface area contributed by atoms with Crippen molar-refractivity contribution in [3.63, 3.8) is 0 Å². The first-order valence-corrected chi connectivity index (χ1v) is 8.54. The molecule has 1 aliphatic rings. The highest BCUT2D eigenvalue weighted by atomic mass is 32.1. The molecule has 1 saturated heterocycles. The van der Waals surface area contributed by atoms with Crippen LogP contribution < -0.4 is 10.2 Å². The second-order valence-corrected chi connectivity index (χ2v) is 6.61. The van der Waals surface area contributed by atoms with Crippen LogP contribution in [0.15, 0.2) is 0 Å². The van der Waals surface area contributed by atoms with E-state index in [1.54, 1.807) is 7.11 Å². The lowest BCUT2D eigenvalue weighted by Gasteiger charge is -2.35. The Hall–Kier alpha value is -0.690. The van der Waals surface area contributed by atoms with Crippen LogP contribution in [0.1, 0.15) is 31.3 Å². The molecule has 21 heavy (non-hydrogen) atoms. The van der Waals surface area contributed by atoms with Gasteiger partial charge in [0.15, 0.2) is 5.13 Å². The van der Waals surface area contributed by atoms with Gasteiger partial charge in [-0.05, 0) is 20.3 Å². The first kappa shape index (κ1) is 16.7. The first-order valence-electron chi connectivity index (χ1n) is 7.72. The lowest BCUT2D eigenvalue weighted by molar-refractivity contribution is -0.00523. The van der Waals surface area contributed by atoms with E-state index >= 15 is 0 Å². The van der Waals surface area contributed by atoms with E-state index in [4.69, 9.17) is 14.5 Å². The number of aromatic nitrogens is 1. The number of ether oxygens (including phenoxy) is 2. The van der Waals surface area contributed by atoms with E-state index in [-0.39, 0.29) is 12.2 Å². The zero-order chi connectivity index (χ0) is 15.2. The predicted octanol–water partition coefficient (Wildman–Crippen LogP) is 2.06. The second-order valence-electron chi connectivity index (χ2n) is 5.55. The topological polar surface area (TPSA) is 46.6 Å². The van der Waals surface area contributed by atoms with Gasteiger partial charge in [0.1, 0.15) is 0 Å². The van der Waals surface area contributed by atoms with E-state index in [0.717, 1.165) is 44.3 Å². The summed E-state index contributed by atoms with van der Waals surface area (Å²) >= 11 is 1.81. The molecule has 0 unspecified atom stereocenters. The zero-order valence-corrected chi connectivity index (χ0v) is 14.3. The summed E-state index contributed by atoms with van der Waals surface area (Å²) in [4.78, 5) is 8.54. The van der Waals surface area contributed by atoms with Crippen LogP contribution in [0.2, 0.25) is 0 Å². The molecule has 0 spiro atoms. The van der Waals surface area contributed by atoms with Crippen molar-refractivity contribution in [3.05, 3.63) is 10.6 Å². The molecule has 2 rings (SSSR count). The number of hydrogen-bond donors (Lipinski definition) is 1. The third-order valence-electron chi connectivity index (χ3n) is 3.56. The minimum absolute atomic E-state index is 0.269. The van der Waals surface area contributed by atoms with Gasteiger partial charge in [0.05, 0.1) is 24.5 Å². The molecule has 0 radical (unpaired) electrons. The van der Waals surface area contributed by atoms with Gasteiger partial charge in [-0.3, -0.25) is 0 Å². The molecule has 120 valence electrons. The van der Waals surface area contributed by atoms with Crippen molar-refractivity contribution in [2.45, 2.75) is 45.9 Å². The minimum Gasteiger partial charge on any atom is -0.383 e. The lowest BCUT2D eigenvalue weighted by atomic mass is 10.2. The molecule has 0 amide bonds. The quantitative estimate of drug-likeness (QED) is 0.781. The van der Waals surface area contributed by atoms with Gasteiger partial charge in [-0.25, -0.2) is 4.98 Å². The maximum absolute atomic E-state index is 5.80. The molecule has 0 aromatic carbocycles. The Kier molecular flexibility index (Phi) is 6.41. The van der Waals surface area contributed by atoms with Crippen LogP contribution in [-0.4, -0.2) is 50.5 Å². The zero-order valence-electron chi connectivity index (χ0n) is 13.5. The van der Waals surface area contributed by atoms with Gasteiger partial charge < -0.3 is 19.7 Å². The molecule has 1 aromatic rings. The summed E-state index contributed by atoms with van der Waals surface area (Å²) in [7, 11) is 1.73. The number of nitrogens with one attached hydrogen (secondary N) is 1. The van der Waals surface area contributed by atoms with Gasteiger partial charge in [0.2, 0.25) is 0 Å². The van der Waals surface area contributed by atoms with Crippen LogP contribution in [0.25, 0.3) is 0 Å². The van der Waals surface area contributed by atoms with Gasteiger partial charge >= 0.3 is 0 Å². The third-order valence-corrected chi connectivity index (χ3v) is 4.72. The SMILES string of the molecule is CCc1nc(N2C[C@@H](C)O[C@@H](C)C2)sc1CNCCOC. The molecule has 1 aliphatic heterocycles. The standard InChI is InChI=1S/C15H27N3O2S/c1-5-13-14(8-16-6-7-19-4)21-15(17-13)18-9-11(2)20-12(3)10-18/h11-12,16H,5-10H2,1-4H3/t11-,12+. The number of anilines is 1. The van der Waals surface area contributed by atoms with Gasteiger partial charge in [0.25, 0.3) is 0 Å². The average Bonchev–Trinajstić information content (AvgIpc) is 2.86. The number of thiazole rings is 1. The average molecular weight is 313 g/mol. The minimum atomic E-state index is 0.269. The van der Waals surface area contributed by atoms with Gasteiger partial charge in [-0.15, -0.1) is 11.3 Å². The lowest BCUT2D eigenvalue weighted by Crippen LogP contribution is -2.45.